The SMILES string of the molecule is CCOC(=O)CC=Nc1oc2ccccc2c(=O)c1C=O. The molecule has 6 nitrogen and oxygen atoms in total. The molecule has 0 atom stereocenters. The number of esters is 1. The Morgan fingerprint density at radius 2 is 2.14 bits per heavy atom. The van der Waals surface area contributed by atoms with Crippen molar-refractivity contribution in [1.29, 1.82) is 0 Å². The van der Waals surface area contributed by atoms with E-state index in [2.05, 4.69) is 4.99 Å². The topological polar surface area (TPSA) is 85.9 Å². The summed E-state index contributed by atoms with van der Waals surface area (Å²) in [6.45, 7) is 1.97. The molecule has 2 aromatic rings. The fraction of sp³-hybridized carbons (Fsp3) is 0.200. The van der Waals surface area contributed by atoms with Gasteiger partial charge in [0.25, 0.3) is 0 Å². The predicted octanol–water partition coefficient (Wildman–Crippen LogP) is 2.26. The number of aldehydes is 1. The molecule has 0 radical (unpaired) electrons. The van der Waals surface area contributed by atoms with Crippen molar-refractivity contribution in [2.45, 2.75) is 13.3 Å². The Balaban J connectivity index is 2.39. The van der Waals surface area contributed by atoms with Crippen molar-refractivity contribution in [3.63, 3.8) is 0 Å². The number of aliphatic imine (C=N–C) groups is 1. The van der Waals surface area contributed by atoms with Crippen LogP contribution in [0, 0.1) is 0 Å². The normalized spacial score (nSPS) is 10.9. The number of carbonyl (C=O) groups is 2. The van der Waals surface area contributed by atoms with Gasteiger partial charge in [0.1, 0.15) is 11.1 Å². The monoisotopic (exact) mass is 287 g/mol. The Labute approximate surface area is 120 Å². The molecule has 0 bridgehead atoms. The lowest BCUT2D eigenvalue weighted by Crippen LogP contribution is -2.08. The first-order valence-corrected chi connectivity index (χ1v) is 6.36. The Bertz CT molecular complexity index is 760. The van der Waals surface area contributed by atoms with Gasteiger partial charge in [-0.3, -0.25) is 14.4 Å². The average molecular weight is 287 g/mol. The predicted molar refractivity (Wildman–Crippen MR) is 77.3 cm³/mol. The Kier molecular flexibility index (Phi) is 4.61. The summed E-state index contributed by atoms with van der Waals surface area (Å²) in [5, 5.41) is 0.309. The fourth-order valence-electron chi connectivity index (χ4n) is 1.77. The van der Waals surface area contributed by atoms with Gasteiger partial charge in [0, 0.05) is 6.21 Å². The summed E-state index contributed by atoms with van der Waals surface area (Å²) in [6, 6.07) is 6.56. The van der Waals surface area contributed by atoms with E-state index in [1.165, 1.54) is 6.21 Å². The Hall–Kier alpha value is -2.76. The van der Waals surface area contributed by atoms with Gasteiger partial charge in [-0.2, -0.15) is 0 Å². The first-order chi connectivity index (χ1) is 10.2. The van der Waals surface area contributed by atoms with Crippen LogP contribution in [-0.2, 0) is 9.53 Å². The molecular weight excluding hydrogens is 274 g/mol. The van der Waals surface area contributed by atoms with E-state index in [1.807, 2.05) is 0 Å². The molecule has 0 aliphatic heterocycles. The van der Waals surface area contributed by atoms with E-state index in [-0.39, 0.29) is 24.5 Å². The van der Waals surface area contributed by atoms with Crippen LogP contribution in [0.3, 0.4) is 0 Å². The zero-order valence-corrected chi connectivity index (χ0v) is 11.4. The minimum atomic E-state index is -0.449. The lowest BCUT2D eigenvalue weighted by atomic mass is 10.2. The summed E-state index contributed by atoms with van der Waals surface area (Å²) in [6.07, 6.45) is 1.58. The van der Waals surface area contributed by atoms with E-state index in [4.69, 9.17) is 9.15 Å². The molecule has 2 rings (SSSR count). The van der Waals surface area contributed by atoms with Crippen molar-refractivity contribution >= 4 is 35.3 Å². The maximum atomic E-state index is 12.1. The van der Waals surface area contributed by atoms with Gasteiger partial charge in [-0.25, -0.2) is 4.99 Å². The summed E-state index contributed by atoms with van der Waals surface area (Å²) < 4.78 is 10.2. The second-order valence-corrected chi connectivity index (χ2v) is 4.08. The molecule has 0 saturated carbocycles. The molecular formula is C15H13NO5. The van der Waals surface area contributed by atoms with Crippen LogP contribution in [-0.4, -0.2) is 25.1 Å². The van der Waals surface area contributed by atoms with Crippen LogP contribution in [0.25, 0.3) is 11.0 Å². The third kappa shape index (κ3) is 3.22. The van der Waals surface area contributed by atoms with Crippen LogP contribution in [0.5, 0.6) is 0 Å². The highest BCUT2D eigenvalue weighted by Crippen LogP contribution is 2.21. The smallest absolute Gasteiger partial charge is 0.311 e. The lowest BCUT2D eigenvalue weighted by molar-refractivity contribution is -0.141. The quantitative estimate of drug-likeness (QED) is 0.478. The number of nitrogens with zero attached hydrogens (tertiary/aromatic N) is 1. The third-order valence-electron chi connectivity index (χ3n) is 2.70. The van der Waals surface area contributed by atoms with E-state index in [1.54, 1.807) is 31.2 Å². The summed E-state index contributed by atoms with van der Waals surface area (Å²) in [5.41, 5.74) is -0.291. The zero-order chi connectivity index (χ0) is 15.2. The second-order valence-electron chi connectivity index (χ2n) is 4.08. The molecule has 0 fully saturated rings. The average Bonchev–Trinajstić information content (AvgIpc) is 2.48. The van der Waals surface area contributed by atoms with Gasteiger partial charge in [-0.1, -0.05) is 12.1 Å². The Morgan fingerprint density at radius 3 is 2.86 bits per heavy atom. The molecule has 1 heterocycles. The van der Waals surface area contributed by atoms with Gasteiger partial charge in [-0.15, -0.1) is 0 Å². The van der Waals surface area contributed by atoms with E-state index in [9.17, 15) is 14.4 Å². The van der Waals surface area contributed by atoms with Crippen LogP contribution in [0.2, 0.25) is 0 Å². The molecule has 0 spiro atoms. The summed E-state index contributed by atoms with van der Waals surface area (Å²) in [5.74, 6) is -0.560. The number of benzene rings is 1. The third-order valence-corrected chi connectivity index (χ3v) is 2.70. The van der Waals surface area contributed by atoms with E-state index < -0.39 is 11.4 Å². The van der Waals surface area contributed by atoms with Gasteiger partial charge >= 0.3 is 5.97 Å². The molecule has 0 aliphatic rings. The zero-order valence-electron chi connectivity index (χ0n) is 11.4. The van der Waals surface area contributed by atoms with Crippen molar-refractivity contribution in [1.82, 2.24) is 0 Å². The standard InChI is InChI=1S/C15H13NO5/c1-2-20-13(18)7-8-16-15-11(9-17)14(19)10-5-3-4-6-12(10)21-15/h3-6,8-9H,2,7H2,1H3. The molecule has 1 aromatic carbocycles. The number of carbonyl (C=O) groups excluding carboxylic acids is 2. The number of fused-ring (bicyclic) bond motifs is 1. The molecule has 1 aromatic heterocycles. The Morgan fingerprint density at radius 1 is 1.38 bits per heavy atom. The van der Waals surface area contributed by atoms with Crippen molar-refractivity contribution in [2.24, 2.45) is 4.99 Å². The molecule has 21 heavy (non-hydrogen) atoms. The van der Waals surface area contributed by atoms with Gasteiger partial charge in [-0.05, 0) is 19.1 Å². The van der Waals surface area contributed by atoms with Gasteiger partial charge in [0.2, 0.25) is 11.3 Å². The summed E-state index contributed by atoms with van der Waals surface area (Å²) in [4.78, 5) is 38.3. The number of ether oxygens (including phenoxy) is 1. The largest absolute Gasteiger partial charge is 0.466 e. The highest BCUT2D eigenvalue weighted by Gasteiger charge is 2.12. The number of rotatable bonds is 5. The molecule has 6 heteroatoms. The van der Waals surface area contributed by atoms with Crippen LogP contribution in [0.15, 0.2) is 38.5 Å². The molecule has 0 unspecified atom stereocenters. The van der Waals surface area contributed by atoms with Gasteiger partial charge in [0.05, 0.1) is 18.4 Å². The van der Waals surface area contributed by atoms with Crippen LogP contribution < -0.4 is 5.43 Å². The highest BCUT2D eigenvalue weighted by atomic mass is 16.5. The van der Waals surface area contributed by atoms with E-state index >= 15 is 0 Å². The molecule has 0 amide bonds. The van der Waals surface area contributed by atoms with Crippen molar-refractivity contribution in [3.8, 4) is 0 Å². The fourth-order valence-corrected chi connectivity index (χ4v) is 1.77. The van der Waals surface area contributed by atoms with Crippen LogP contribution in [0.4, 0.5) is 5.88 Å². The van der Waals surface area contributed by atoms with E-state index in [0.717, 1.165) is 0 Å². The summed E-state index contributed by atoms with van der Waals surface area (Å²) in [7, 11) is 0. The van der Waals surface area contributed by atoms with Crippen LogP contribution >= 0.6 is 0 Å². The maximum absolute atomic E-state index is 12.1. The first kappa shape index (κ1) is 14.6. The van der Waals surface area contributed by atoms with E-state index in [0.29, 0.717) is 17.3 Å². The number of hydrogen-bond donors (Lipinski definition) is 0. The second kappa shape index (κ2) is 6.60. The van der Waals surface area contributed by atoms with Crippen LogP contribution in [0.1, 0.15) is 23.7 Å². The van der Waals surface area contributed by atoms with Crippen molar-refractivity contribution in [2.75, 3.05) is 6.61 Å². The minimum absolute atomic E-state index is 0.0668. The van der Waals surface area contributed by atoms with Gasteiger partial charge in [0.15, 0.2) is 6.29 Å². The molecule has 0 aliphatic carbocycles. The minimum Gasteiger partial charge on any atom is -0.466 e. The molecule has 108 valence electrons. The maximum Gasteiger partial charge on any atom is 0.311 e. The molecule has 0 saturated heterocycles. The highest BCUT2D eigenvalue weighted by molar-refractivity contribution is 5.91. The summed E-state index contributed by atoms with van der Waals surface area (Å²) >= 11 is 0. The molecule has 0 N–H and O–H groups in total. The first-order valence-electron chi connectivity index (χ1n) is 6.36. The lowest BCUT2D eigenvalue weighted by Gasteiger charge is -2.01. The number of para-hydroxylation sites is 1. The van der Waals surface area contributed by atoms with Crippen molar-refractivity contribution in [3.05, 3.63) is 40.1 Å². The van der Waals surface area contributed by atoms with Gasteiger partial charge < -0.3 is 9.15 Å². The van der Waals surface area contributed by atoms with Crippen molar-refractivity contribution < 1.29 is 18.7 Å². The number of hydrogen-bond acceptors (Lipinski definition) is 6.